The molecule has 0 aliphatic heterocycles. The van der Waals surface area contributed by atoms with Crippen molar-refractivity contribution in [1.82, 2.24) is 0 Å². The van der Waals surface area contributed by atoms with Gasteiger partial charge in [0, 0.05) is 4.47 Å². The average Bonchev–Trinajstić information content (AvgIpc) is 2.63. The molecule has 0 spiro atoms. The first-order chi connectivity index (χ1) is 12.5. The quantitative estimate of drug-likeness (QED) is 0.545. The van der Waals surface area contributed by atoms with Gasteiger partial charge in [0.05, 0.1) is 19.4 Å². The number of ether oxygens (including phenoxy) is 2. The number of halogens is 1. The van der Waals surface area contributed by atoms with E-state index in [0.29, 0.717) is 28.1 Å². The Labute approximate surface area is 159 Å². The first-order valence-electron chi connectivity index (χ1n) is 7.71. The van der Waals surface area contributed by atoms with Crippen molar-refractivity contribution in [3.05, 3.63) is 52.0 Å². The van der Waals surface area contributed by atoms with Crippen molar-refractivity contribution in [2.45, 2.75) is 6.92 Å². The Balaban J connectivity index is 2.31. The Kier molecular flexibility index (Phi) is 6.64. The summed E-state index contributed by atoms with van der Waals surface area (Å²) in [5.74, 6) is 0.120. The summed E-state index contributed by atoms with van der Waals surface area (Å²) in [6, 6.07) is 11.8. The highest BCUT2D eigenvalue weighted by atomic mass is 79.9. The molecule has 0 bridgehead atoms. The minimum atomic E-state index is -0.582. The Morgan fingerprint density at radius 3 is 2.73 bits per heavy atom. The number of nitrogens with one attached hydrogen (secondary N) is 1. The fourth-order valence-corrected chi connectivity index (χ4v) is 2.62. The SMILES string of the molecule is CCOc1ccccc1NC(=O)/C(C#N)=C/c1cc(O)c(OC)cc1Br. The summed E-state index contributed by atoms with van der Waals surface area (Å²) in [6.07, 6.45) is 1.38. The third-order valence-electron chi connectivity index (χ3n) is 3.40. The smallest absolute Gasteiger partial charge is 0.266 e. The molecular formula is C19H17BrN2O4. The van der Waals surface area contributed by atoms with E-state index in [-0.39, 0.29) is 17.1 Å². The van der Waals surface area contributed by atoms with Gasteiger partial charge in [-0.15, -0.1) is 0 Å². The van der Waals surface area contributed by atoms with Crippen LogP contribution in [0.15, 0.2) is 46.4 Å². The molecule has 2 N–H and O–H groups in total. The third kappa shape index (κ3) is 4.55. The zero-order valence-corrected chi connectivity index (χ0v) is 15.8. The number of phenolic OH excluding ortho intramolecular Hbond substituents is 1. The van der Waals surface area contributed by atoms with Crippen LogP contribution >= 0.6 is 15.9 Å². The number of carbonyl (C=O) groups is 1. The minimum Gasteiger partial charge on any atom is -0.504 e. The molecule has 0 unspecified atom stereocenters. The molecule has 0 aliphatic rings. The number of nitriles is 1. The van der Waals surface area contributed by atoms with Gasteiger partial charge in [-0.1, -0.05) is 28.1 Å². The highest BCUT2D eigenvalue weighted by Crippen LogP contribution is 2.33. The lowest BCUT2D eigenvalue weighted by Gasteiger charge is -2.11. The van der Waals surface area contributed by atoms with Gasteiger partial charge in [-0.25, -0.2) is 0 Å². The Bertz CT molecular complexity index is 888. The molecule has 0 aromatic heterocycles. The van der Waals surface area contributed by atoms with Crippen LogP contribution in [0.2, 0.25) is 0 Å². The predicted molar refractivity (Wildman–Crippen MR) is 102 cm³/mol. The fraction of sp³-hybridized carbons (Fsp3) is 0.158. The zero-order chi connectivity index (χ0) is 19.1. The lowest BCUT2D eigenvalue weighted by Crippen LogP contribution is -2.14. The van der Waals surface area contributed by atoms with Crippen molar-refractivity contribution in [3.63, 3.8) is 0 Å². The molecule has 0 atom stereocenters. The van der Waals surface area contributed by atoms with Crippen molar-refractivity contribution in [2.75, 3.05) is 19.0 Å². The van der Waals surface area contributed by atoms with E-state index in [9.17, 15) is 15.2 Å². The summed E-state index contributed by atoms with van der Waals surface area (Å²) >= 11 is 3.33. The minimum absolute atomic E-state index is 0.0960. The summed E-state index contributed by atoms with van der Waals surface area (Å²) < 4.78 is 11.0. The Hall–Kier alpha value is -2.98. The third-order valence-corrected chi connectivity index (χ3v) is 4.08. The van der Waals surface area contributed by atoms with E-state index in [1.54, 1.807) is 30.3 Å². The normalized spacial score (nSPS) is 10.8. The lowest BCUT2D eigenvalue weighted by molar-refractivity contribution is -0.112. The van der Waals surface area contributed by atoms with Gasteiger partial charge in [-0.05, 0) is 42.8 Å². The van der Waals surface area contributed by atoms with Crippen LogP contribution in [-0.4, -0.2) is 24.7 Å². The summed E-state index contributed by atoms with van der Waals surface area (Å²) in [5.41, 5.74) is 0.812. The summed E-state index contributed by atoms with van der Waals surface area (Å²) in [7, 11) is 1.43. The van der Waals surface area contributed by atoms with Gasteiger partial charge < -0.3 is 19.9 Å². The van der Waals surface area contributed by atoms with Crippen molar-refractivity contribution in [2.24, 2.45) is 0 Å². The van der Waals surface area contributed by atoms with Crippen molar-refractivity contribution in [1.29, 1.82) is 5.26 Å². The molecule has 0 radical (unpaired) electrons. The van der Waals surface area contributed by atoms with E-state index in [1.807, 2.05) is 13.0 Å². The number of amides is 1. The maximum absolute atomic E-state index is 12.5. The van der Waals surface area contributed by atoms with Crippen LogP contribution < -0.4 is 14.8 Å². The van der Waals surface area contributed by atoms with Gasteiger partial charge >= 0.3 is 0 Å². The van der Waals surface area contributed by atoms with E-state index in [2.05, 4.69) is 21.2 Å². The molecule has 6 nitrogen and oxygen atoms in total. The number of benzene rings is 2. The standard InChI is InChI=1S/C19H17BrN2O4/c1-3-26-17-7-5-4-6-15(17)22-19(24)13(11-21)8-12-9-16(23)18(25-2)10-14(12)20/h4-10,23H,3H2,1-2H3,(H,22,24)/b13-8+. The number of hydrogen-bond donors (Lipinski definition) is 2. The molecule has 0 heterocycles. The second kappa shape index (κ2) is 8.92. The van der Waals surface area contributed by atoms with Crippen LogP contribution in [0.4, 0.5) is 5.69 Å². The number of aromatic hydroxyl groups is 1. The average molecular weight is 417 g/mol. The molecule has 26 heavy (non-hydrogen) atoms. The highest BCUT2D eigenvalue weighted by Gasteiger charge is 2.14. The van der Waals surface area contributed by atoms with Gasteiger partial charge in [0.25, 0.3) is 5.91 Å². The Morgan fingerprint density at radius 2 is 2.08 bits per heavy atom. The van der Waals surface area contributed by atoms with Crippen LogP contribution in [0.25, 0.3) is 6.08 Å². The van der Waals surface area contributed by atoms with Crippen molar-refractivity contribution < 1.29 is 19.4 Å². The molecular weight excluding hydrogens is 400 g/mol. The number of nitrogens with zero attached hydrogens (tertiary/aromatic N) is 1. The molecule has 7 heteroatoms. The Morgan fingerprint density at radius 1 is 1.35 bits per heavy atom. The first-order valence-corrected chi connectivity index (χ1v) is 8.50. The van der Waals surface area contributed by atoms with E-state index in [4.69, 9.17) is 9.47 Å². The first kappa shape index (κ1) is 19.3. The summed E-state index contributed by atoms with van der Waals surface area (Å²) in [6.45, 7) is 2.29. The van der Waals surface area contributed by atoms with Crippen LogP contribution in [0, 0.1) is 11.3 Å². The summed E-state index contributed by atoms with van der Waals surface area (Å²) in [5, 5.41) is 21.9. The van der Waals surface area contributed by atoms with Gasteiger partial charge in [0.15, 0.2) is 11.5 Å². The van der Waals surface area contributed by atoms with Gasteiger partial charge in [-0.2, -0.15) is 5.26 Å². The molecule has 134 valence electrons. The fourth-order valence-electron chi connectivity index (χ4n) is 2.18. The second-order valence-corrected chi connectivity index (χ2v) is 5.95. The number of anilines is 1. The number of hydrogen-bond acceptors (Lipinski definition) is 5. The van der Waals surface area contributed by atoms with Crippen LogP contribution in [0.3, 0.4) is 0 Å². The zero-order valence-electron chi connectivity index (χ0n) is 14.2. The predicted octanol–water partition coefficient (Wildman–Crippen LogP) is 4.11. The highest BCUT2D eigenvalue weighted by molar-refractivity contribution is 9.10. The van der Waals surface area contributed by atoms with E-state index in [0.717, 1.165) is 0 Å². The van der Waals surface area contributed by atoms with Gasteiger partial charge in [-0.3, -0.25) is 4.79 Å². The number of rotatable bonds is 6. The van der Waals surface area contributed by atoms with Crippen LogP contribution in [0.1, 0.15) is 12.5 Å². The largest absolute Gasteiger partial charge is 0.504 e. The molecule has 1 amide bonds. The molecule has 0 fully saturated rings. The summed E-state index contributed by atoms with van der Waals surface area (Å²) in [4.78, 5) is 12.5. The molecule has 2 rings (SSSR count). The van der Waals surface area contributed by atoms with E-state index < -0.39 is 5.91 Å². The maximum atomic E-state index is 12.5. The molecule has 0 saturated carbocycles. The number of para-hydroxylation sites is 2. The number of methoxy groups -OCH3 is 1. The van der Waals surface area contributed by atoms with Crippen LogP contribution in [0.5, 0.6) is 17.2 Å². The van der Waals surface area contributed by atoms with E-state index >= 15 is 0 Å². The van der Waals surface area contributed by atoms with Gasteiger partial charge in [0.1, 0.15) is 17.4 Å². The molecule has 2 aromatic rings. The van der Waals surface area contributed by atoms with E-state index in [1.165, 1.54) is 19.3 Å². The molecule has 2 aromatic carbocycles. The monoisotopic (exact) mass is 416 g/mol. The topological polar surface area (TPSA) is 91.6 Å². The van der Waals surface area contributed by atoms with Crippen molar-refractivity contribution >= 4 is 33.6 Å². The molecule has 0 aliphatic carbocycles. The lowest BCUT2D eigenvalue weighted by atomic mass is 10.1. The number of carbonyl (C=O) groups excluding carboxylic acids is 1. The number of phenols is 1. The van der Waals surface area contributed by atoms with Crippen LogP contribution in [-0.2, 0) is 4.79 Å². The maximum Gasteiger partial charge on any atom is 0.266 e. The molecule has 0 saturated heterocycles. The second-order valence-electron chi connectivity index (χ2n) is 5.10. The van der Waals surface area contributed by atoms with Gasteiger partial charge in [0.2, 0.25) is 0 Å². The van der Waals surface area contributed by atoms with Crippen molar-refractivity contribution in [3.8, 4) is 23.3 Å².